The van der Waals surface area contributed by atoms with Crippen LogP contribution in [0, 0.1) is 5.82 Å². The topological polar surface area (TPSA) is 94.1 Å². The maximum atomic E-state index is 14.1. The van der Waals surface area contributed by atoms with Crippen molar-refractivity contribution in [3.8, 4) is 5.75 Å². The molecule has 0 spiro atoms. The molecule has 33 heavy (non-hydrogen) atoms. The highest BCUT2D eigenvalue weighted by atomic mass is 19.1. The Morgan fingerprint density at radius 3 is 2.39 bits per heavy atom. The van der Waals surface area contributed by atoms with Gasteiger partial charge in [-0.2, -0.15) is 0 Å². The Morgan fingerprint density at radius 1 is 1.15 bits per heavy atom. The van der Waals surface area contributed by atoms with Gasteiger partial charge in [0, 0.05) is 6.54 Å². The molecule has 1 amide bonds. The number of aldehydes is 1. The van der Waals surface area contributed by atoms with E-state index >= 15 is 0 Å². The van der Waals surface area contributed by atoms with Crippen molar-refractivity contribution in [2.45, 2.75) is 45.5 Å². The quantitative estimate of drug-likeness (QED) is 0.478. The molecule has 1 fully saturated rings. The van der Waals surface area contributed by atoms with Crippen LogP contribution in [0.4, 0.5) is 9.18 Å². The minimum absolute atomic E-state index is 0.0105. The zero-order valence-electron chi connectivity index (χ0n) is 19.1. The van der Waals surface area contributed by atoms with Crippen molar-refractivity contribution < 1.29 is 33.1 Å². The van der Waals surface area contributed by atoms with Gasteiger partial charge in [0.15, 0.2) is 17.9 Å². The molecular weight excluding hydrogens is 428 g/mol. The first-order valence-corrected chi connectivity index (χ1v) is 10.5. The van der Waals surface area contributed by atoms with E-state index in [1.165, 1.54) is 6.07 Å². The fourth-order valence-electron chi connectivity index (χ4n) is 3.17. The van der Waals surface area contributed by atoms with E-state index in [-0.39, 0.29) is 18.7 Å². The predicted octanol–water partition coefficient (Wildman–Crippen LogP) is 4.29. The molecule has 0 aliphatic carbocycles. The fourth-order valence-corrected chi connectivity index (χ4v) is 3.17. The van der Waals surface area contributed by atoms with Crippen LogP contribution in [0.3, 0.4) is 0 Å². The molecule has 2 N–H and O–H groups in total. The molecule has 0 saturated carbocycles. The predicted molar refractivity (Wildman–Crippen MR) is 122 cm³/mol. The molecule has 0 unspecified atom stereocenters. The minimum atomic E-state index is -0.936. The number of ether oxygens (including phenoxy) is 1. The molecule has 1 aliphatic heterocycles. The third kappa shape index (κ3) is 5.80. The van der Waals surface area contributed by atoms with Gasteiger partial charge in [-0.25, -0.2) is 9.18 Å². The van der Waals surface area contributed by atoms with E-state index in [1.54, 1.807) is 6.08 Å². The van der Waals surface area contributed by atoms with Gasteiger partial charge in [-0.3, -0.25) is 4.79 Å². The molecule has 1 heterocycles. The first-order chi connectivity index (χ1) is 15.5. The first kappa shape index (κ1) is 24.5. The van der Waals surface area contributed by atoms with Crippen molar-refractivity contribution in [1.82, 2.24) is 5.32 Å². The molecule has 1 saturated heterocycles. The lowest BCUT2D eigenvalue weighted by atomic mass is 9.77. The summed E-state index contributed by atoms with van der Waals surface area (Å²) in [5.74, 6) is -1.66. The van der Waals surface area contributed by atoms with Crippen LogP contribution in [-0.2, 0) is 20.7 Å². The van der Waals surface area contributed by atoms with Crippen LogP contribution >= 0.6 is 0 Å². The highest BCUT2D eigenvalue weighted by Gasteiger charge is 2.52. The summed E-state index contributed by atoms with van der Waals surface area (Å²) in [5.41, 5.74) is 0.154. The normalized spacial score (nSPS) is 17.0. The van der Waals surface area contributed by atoms with Crippen LogP contribution in [0.25, 0.3) is 6.08 Å². The number of carbonyl (C=O) groups is 2. The van der Waals surface area contributed by atoms with Gasteiger partial charge in [0.2, 0.25) is 0 Å². The molecule has 174 valence electrons. The Balaban J connectivity index is 1.80. The van der Waals surface area contributed by atoms with Crippen molar-refractivity contribution in [1.29, 1.82) is 0 Å². The van der Waals surface area contributed by atoms with Gasteiger partial charge in [0.05, 0.1) is 16.8 Å². The summed E-state index contributed by atoms with van der Waals surface area (Å²) < 4.78 is 31.5. The molecule has 0 atom stereocenters. The van der Waals surface area contributed by atoms with Crippen LogP contribution < -0.4 is 5.32 Å². The monoisotopic (exact) mass is 455 g/mol. The number of hydrogen-bond donors (Lipinski definition) is 2. The number of amides is 1. The van der Waals surface area contributed by atoms with Gasteiger partial charge in [-0.1, -0.05) is 36.4 Å². The number of nitrogens with one attached hydrogen (secondary N) is 1. The maximum absolute atomic E-state index is 14.1. The van der Waals surface area contributed by atoms with Gasteiger partial charge in [-0.05, 0) is 56.4 Å². The number of alkyl carbamates (subject to hydrolysis) is 1. The Labute approximate surface area is 192 Å². The molecule has 0 aromatic heterocycles. The van der Waals surface area contributed by atoms with E-state index in [1.807, 2.05) is 58.0 Å². The molecule has 0 radical (unpaired) electrons. The van der Waals surface area contributed by atoms with Gasteiger partial charge in [-0.15, -0.1) is 0 Å². The van der Waals surface area contributed by atoms with Crippen molar-refractivity contribution >= 4 is 25.6 Å². The number of rotatable bonds is 7. The number of hydrogen-bond acceptors (Lipinski definition) is 6. The lowest BCUT2D eigenvalue weighted by Crippen LogP contribution is -2.41. The van der Waals surface area contributed by atoms with E-state index in [2.05, 4.69) is 5.32 Å². The summed E-state index contributed by atoms with van der Waals surface area (Å²) in [7, 11) is -0.832. The highest BCUT2D eigenvalue weighted by molar-refractivity contribution is 6.56. The zero-order chi connectivity index (χ0) is 24.2. The van der Waals surface area contributed by atoms with Crippen LogP contribution in [0.1, 0.15) is 49.2 Å². The number of halogens is 1. The summed E-state index contributed by atoms with van der Waals surface area (Å²) in [6.45, 7) is 7.64. The Bertz CT molecular complexity index is 1040. The Morgan fingerprint density at radius 2 is 1.79 bits per heavy atom. The second-order valence-corrected chi connectivity index (χ2v) is 8.78. The minimum Gasteiger partial charge on any atom is -0.504 e. The SMILES string of the molecule is CC1(C)OB(C(=Cc2cc(F)c(O)c(C=O)c2)CNC(=O)OCc2ccccc2)OC1(C)C. The zero-order valence-corrected chi connectivity index (χ0v) is 19.1. The summed E-state index contributed by atoms with van der Waals surface area (Å²) in [6, 6.07) is 11.7. The van der Waals surface area contributed by atoms with E-state index in [4.69, 9.17) is 14.0 Å². The van der Waals surface area contributed by atoms with E-state index in [9.17, 15) is 19.1 Å². The number of aromatic hydroxyl groups is 1. The third-order valence-corrected chi connectivity index (χ3v) is 5.80. The number of benzene rings is 2. The van der Waals surface area contributed by atoms with E-state index < -0.39 is 36.0 Å². The summed E-state index contributed by atoms with van der Waals surface area (Å²) in [5, 5.41) is 12.3. The van der Waals surface area contributed by atoms with Crippen molar-refractivity contribution in [2.75, 3.05) is 6.54 Å². The molecular formula is C24H27BFNO6. The lowest BCUT2D eigenvalue weighted by Gasteiger charge is -2.32. The molecule has 3 rings (SSSR count). The Hall–Kier alpha value is -3.17. The second-order valence-electron chi connectivity index (χ2n) is 8.78. The fraction of sp³-hybridized carbons (Fsp3) is 0.333. The largest absolute Gasteiger partial charge is 0.504 e. The number of carbonyl (C=O) groups excluding carboxylic acids is 2. The molecule has 2 aromatic rings. The molecule has 9 heteroatoms. The molecule has 2 aromatic carbocycles. The van der Waals surface area contributed by atoms with E-state index in [0.717, 1.165) is 11.6 Å². The molecule has 1 aliphatic rings. The van der Waals surface area contributed by atoms with Crippen LogP contribution in [0.15, 0.2) is 47.9 Å². The van der Waals surface area contributed by atoms with Gasteiger partial charge >= 0.3 is 13.2 Å². The standard InChI is InChI=1S/C24H27BFNO6/c1-23(2)24(3,4)33-25(32-23)19(11-17-10-18(14-28)21(29)20(26)12-17)13-27-22(30)31-15-16-8-6-5-7-9-16/h5-12,14,29H,13,15H2,1-4H3,(H,27,30). The highest BCUT2D eigenvalue weighted by Crippen LogP contribution is 2.39. The van der Waals surface area contributed by atoms with Gasteiger partial charge < -0.3 is 24.5 Å². The maximum Gasteiger partial charge on any atom is 0.492 e. The number of phenolic OH excluding ortho intramolecular Hbond substituents is 1. The second kappa shape index (κ2) is 9.76. The van der Waals surface area contributed by atoms with Crippen LogP contribution in [0.5, 0.6) is 5.75 Å². The summed E-state index contributed by atoms with van der Waals surface area (Å²) in [4.78, 5) is 23.4. The van der Waals surface area contributed by atoms with Crippen molar-refractivity contribution in [3.63, 3.8) is 0 Å². The lowest BCUT2D eigenvalue weighted by molar-refractivity contribution is 0.00578. The van der Waals surface area contributed by atoms with Crippen molar-refractivity contribution in [2.24, 2.45) is 0 Å². The molecule has 7 nitrogen and oxygen atoms in total. The van der Waals surface area contributed by atoms with Crippen molar-refractivity contribution in [3.05, 3.63) is 70.4 Å². The summed E-state index contributed by atoms with van der Waals surface area (Å²) >= 11 is 0. The molecule has 0 bridgehead atoms. The first-order valence-electron chi connectivity index (χ1n) is 10.5. The average Bonchev–Trinajstić information content (AvgIpc) is 2.99. The van der Waals surface area contributed by atoms with Gasteiger partial charge in [0.25, 0.3) is 0 Å². The third-order valence-electron chi connectivity index (χ3n) is 5.80. The van der Waals surface area contributed by atoms with Crippen LogP contribution in [0.2, 0.25) is 0 Å². The smallest absolute Gasteiger partial charge is 0.492 e. The van der Waals surface area contributed by atoms with E-state index in [0.29, 0.717) is 17.3 Å². The van der Waals surface area contributed by atoms with Gasteiger partial charge in [0.1, 0.15) is 6.61 Å². The average molecular weight is 455 g/mol. The Kier molecular flexibility index (Phi) is 7.24. The van der Waals surface area contributed by atoms with Crippen LogP contribution in [-0.4, -0.2) is 42.4 Å². The summed E-state index contributed by atoms with van der Waals surface area (Å²) in [6.07, 6.45) is 1.27. The number of phenols is 1.